The summed E-state index contributed by atoms with van der Waals surface area (Å²) in [6.45, 7) is 0. The molecule has 0 radical (unpaired) electrons. The Morgan fingerprint density at radius 1 is 1.07 bits per heavy atom. The standard InChI is InChI=1S/C23H22BrN3OS2/c24-20-13-12-19(30-20)22-21(18-7-3-4-14-25-18)26-23(29)27(22)15-8-10-17(11-9-15)28-16-5-1-2-6-16/h3-4,7-14,16,21-22H,1-2,5-6H2,(H,26,29)/t21-,22+/m0/s1. The molecule has 0 bridgehead atoms. The van der Waals surface area contributed by atoms with Crippen LogP contribution in [0.4, 0.5) is 5.69 Å². The number of benzene rings is 1. The lowest BCUT2D eigenvalue weighted by atomic mass is 10.0. The van der Waals surface area contributed by atoms with E-state index in [1.807, 2.05) is 18.3 Å². The lowest BCUT2D eigenvalue weighted by molar-refractivity contribution is 0.210. The van der Waals surface area contributed by atoms with Crippen molar-refractivity contribution in [2.24, 2.45) is 0 Å². The third-order valence-corrected chi connectivity index (χ3v) is 7.71. The van der Waals surface area contributed by atoms with E-state index in [0.717, 1.165) is 33.8 Å². The van der Waals surface area contributed by atoms with Crippen LogP contribution >= 0.6 is 39.5 Å². The summed E-state index contributed by atoms with van der Waals surface area (Å²) >= 11 is 11.1. The molecule has 30 heavy (non-hydrogen) atoms. The van der Waals surface area contributed by atoms with Gasteiger partial charge in [0.25, 0.3) is 0 Å². The van der Waals surface area contributed by atoms with Gasteiger partial charge in [-0.05, 0) is 102 Å². The number of rotatable bonds is 5. The SMILES string of the molecule is S=C1N[C@@H](c2ccccn2)[C@@H](c2ccc(Br)s2)N1c1ccc(OC2CCCC2)cc1. The van der Waals surface area contributed by atoms with Crippen molar-refractivity contribution in [2.45, 2.75) is 43.9 Å². The van der Waals surface area contributed by atoms with Crippen molar-refractivity contribution in [3.63, 3.8) is 0 Å². The first kappa shape index (κ1) is 20.0. The Bertz CT molecular complexity index is 1020. The predicted octanol–water partition coefficient (Wildman–Crippen LogP) is 6.40. The van der Waals surface area contributed by atoms with Crippen molar-refractivity contribution < 1.29 is 4.74 Å². The molecule has 0 unspecified atom stereocenters. The minimum absolute atomic E-state index is 0.0151. The fourth-order valence-corrected chi connectivity index (χ4v) is 6.19. The lowest BCUT2D eigenvalue weighted by Crippen LogP contribution is -2.29. The van der Waals surface area contributed by atoms with Gasteiger partial charge < -0.3 is 15.0 Å². The Hall–Kier alpha value is -1.96. The molecular weight excluding hydrogens is 478 g/mol. The van der Waals surface area contributed by atoms with E-state index in [9.17, 15) is 0 Å². The predicted molar refractivity (Wildman–Crippen MR) is 129 cm³/mol. The number of thiocarbonyl (C=S) groups is 1. The first-order chi connectivity index (χ1) is 14.7. The molecule has 1 saturated heterocycles. The Labute approximate surface area is 194 Å². The normalized spacial score (nSPS) is 21.8. The second-order valence-electron chi connectivity index (χ2n) is 7.66. The molecule has 154 valence electrons. The zero-order chi connectivity index (χ0) is 20.5. The van der Waals surface area contributed by atoms with Crippen molar-refractivity contribution in [2.75, 3.05) is 4.90 Å². The van der Waals surface area contributed by atoms with Crippen LogP contribution in [-0.2, 0) is 0 Å². The Balaban J connectivity index is 1.46. The molecule has 0 spiro atoms. The number of nitrogens with zero attached hydrogens (tertiary/aromatic N) is 2. The van der Waals surface area contributed by atoms with Crippen molar-refractivity contribution in [3.8, 4) is 5.75 Å². The monoisotopic (exact) mass is 499 g/mol. The fourth-order valence-electron chi connectivity index (χ4n) is 4.29. The van der Waals surface area contributed by atoms with Gasteiger partial charge in [-0.15, -0.1) is 11.3 Å². The molecular formula is C23H22BrN3OS2. The molecule has 2 aromatic heterocycles. The first-order valence-corrected chi connectivity index (χ1v) is 12.2. The third kappa shape index (κ3) is 3.98. The average Bonchev–Trinajstić information content (AvgIpc) is 3.50. The summed E-state index contributed by atoms with van der Waals surface area (Å²) in [6, 6.07) is 18.6. The number of nitrogens with one attached hydrogen (secondary N) is 1. The summed E-state index contributed by atoms with van der Waals surface area (Å²) in [5.74, 6) is 0.931. The first-order valence-electron chi connectivity index (χ1n) is 10.2. The summed E-state index contributed by atoms with van der Waals surface area (Å²) in [5, 5.41) is 4.22. The van der Waals surface area contributed by atoms with Gasteiger partial charge in [0.15, 0.2) is 5.11 Å². The van der Waals surface area contributed by atoms with Crippen LogP contribution in [0, 0.1) is 0 Å². The van der Waals surface area contributed by atoms with Crippen LogP contribution in [0.2, 0.25) is 0 Å². The van der Waals surface area contributed by atoms with E-state index in [4.69, 9.17) is 17.0 Å². The van der Waals surface area contributed by atoms with Crippen LogP contribution in [-0.4, -0.2) is 16.2 Å². The third-order valence-electron chi connectivity index (χ3n) is 5.70. The highest BCUT2D eigenvalue weighted by Gasteiger charge is 2.41. The maximum absolute atomic E-state index is 6.14. The van der Waals surface area contributed by atoms with Crippen LogP contribution in [0.15, 0.2) is 64.6 Å². The summed E-state index contributed by atoms with van der Waals surface area (Å²) in [6.07, 6.45) is 7.04. The van der Waals surface area contributed by atoms with Gasteiger partial charge in [0, 0.05) is 16.8 Å². The number of pyridine rings is 1. The van der Waals surface area contributed by atoms with E-state index in [-0.39, 0.29) is 12.1 Å². The summed E-state index contributed by atoms with van der Waals surface area (Å²) in [4.78, 5) is 8.03. The van der Waals surface area contributed by atoms with Gasteiger partial charge in [-0.1, -0.05) is 6.07 Å². The topological polar surface area (TPSA) is 37.4 Å². The van der Waals surface area contributed by atoms with Gasteiger partial charge in [0.1, 0.15) is 5.75 Å². The van der Waals surface area contributed by atoms with Crippen molar-refractivity contribution in [3.05, 3.63) is 75.2 Å². The number of hydrogen-bond donors (Lipinski definition) is 1. The largest absolute Gasteiger partial charge is 0.490 e. The lowest BCUT2D eigenvalue weighted by Gasteiger charge is -2.27. The van der Waals surface area contributed by atoms with Crippen LogP contribution in [0.25, 0.3) is 0 Å². The highest BCUT2D eigenvalue weighted by atomic mass is 79.9. The van der Waals surface area contributed by atoms with Crippen molar-refractivity contribution in [1.82, 2.24) is 10.3 Å². The van der Waals surface area contributed by atoms with Crippen LogP contribution < -0.4 is 15.0 Å². The Kier molecular flexibility index (Phi) is 5.76. The fraction of sp³-hybridized carbons (Fsp3) is 0.304. The minimum Gasteiger partial charge on any atom is -0.490 e. The van der Waals surface area contributed by atoms with Gasteiger partial charge in [-0.3, -0.25) is 4.98 Å². The van der Waals surface area contributed by atoms with Crippen molar-refractivity contribution in [1.29, 1.82) is 0 Å². The molecule has 2 aliphatic rings. The molecule has 7 heteroatoms. The van der Waals surface area contributed by atoms with E-state index in [1.54, 1.807) is 11.3 Å². The van der Waals surface area contributed by atoms with Gasteiger partial charge in [-0.2, -0.15) is 0 Å². The molecule has 1 aliphatic carbocycles. The van der Waals surface area contributed by atoms with E-state index in [1.165, 1.54) is 17.7 Å². The van der Waals surface area contributed by atoms with Gasteiger partial charge in [0.2, 0.25) is 0 Å². The second kappa shape index (κ2) is 8.65. The number of aromatic nitrogens is 1. The minimum atomic E-state index is -0.0151. The number of anilines is 1. The van der Waals surface area contributed by atoms with Gasteiger partial charge in [0.05, 0.1) is 27.7 Å². The number of ether oxygens (including phenoxy) is 1. The maximum Gasteiger partial charge on any atom is 0.174 e. The number of thiophene rings is 1. The van der Waals surface area contributed by atoms with Crippen LogP contribution in [0.1, 0.15) is 48.3 Å². The van der Waals surface area contributed by atoms with Crippen molar-refractivity contribution >= 4 is 50.3 Å². The highest BCUT2D eigenvalue weighted by molar-refractivity contribution is 9.11. The van der Waals surface area contributed by atoms with E-state index < -0.39 is 0 Å². The smallest absolute Gasteiger partial charge is 0.174 e. The molecule has 0 amide bonds. The zero-order valence-corrected chi connectivity index (χ0v) is 19.6. The maximum atomic E-state index is 6.14. The summed E-state index contributed by atoms with van der Waals surface area (Å²) in [5.41, 5.74) is 2.04. The second-order valence-corrected chi connectivity index (χ2v) is 10.5. The molecule has 4 nitrogen and oxygen atoms in total. The quantitative estimate of drug-likeness (QED) is 0.410. The highest BCUT2D eigenvalue weighted by Crippen LogP contribution is 2.44. The number of hydrogen-bond acceptors (Lipinski definition) is 4. The van der Waals surface area contributed by atoms with Gasteiger partial charge >= 0.3 is 0 Å². The molecule has 1 saturated carbocycles. The van der Waals surface area contributed by atoms with E-state index >= 15 is 0 Å². The summed E-state index contributed by atoms with van der Waals surface area (Å²) < 4.78 is 7.25. The molecule has 1 aliphatic heterocycles. The molecule has 3 aromatic rings. The zero-order valence-electron chi connectivity index (χ0n) is 16.3. The average molecular weight is 500 g/mol. The number of halogens is 1. The Morgan fingerprint density at radius 3 is 2.53 bits per heavy atom. The summed E-state index contributed by atoms with van der Waals surface area (Å²) in [7, 11) is 0. The van der Waals surface area contributed by atoms with E-state index in [2.05, 4.69) is 73.6 Å². The molecule has 3 heterocycles. The molecule has 1 aromatic carbocycles. The molecule has 2 fully saturated rings. The Morgan fingerprint density at radius 2 is 1.87 bits per heavy atom. The van der Waals surface area contributed by atoms with Crippen LogP contribution in [0.5, 0.6) is 5.75 Å². The molecule has 5 rings (SSSR count). The molecule has 2 atom stereocenters. The van der Waals surface area contributed by atoms with Gasteiger partial charge in [-0.25, -0.2) is 0 Å². The van der Waals surface area contributed by atoms with E-state index in [0.29, 0.717) is 11.2 Å². The molecule has 1 N–H and O–H groups in total. The van der Waals surface area contributed by atoms with Crippen LogP contribution in [0.3, 0.4) is 0 Å².